The summed E-state index contributed by atoms with van der Waals surface area (Å²) in [5.41, 5.74) is 2.55. The lowest BCUT2D eigenvalue weighted by Crippen LogP contribution is -2.16. The van der Waals surface area contributed by atoms with Crippen molar-refractivity contribution in [2.75, 3.05) is 13.6 Å². The first kappa shape index (κ1) is 14.8. The quantitative estimate of drug-likeness (QED) is 0.746. The zero-order chi connectivity index (χ0) is 14.2. The van der Waals surface area contributed by atoms with Gasteiger partial charge in [0.1, 0.15) is 5.76 Å². The van der Waals surface area contributed by atoms with Gasteiger partial charge in [-0.15, -0.1) is 0 Å². The Labute approximate surface area is 121 Å². The minimum Gasteiger partial charge on any atom is -0.468 e. The summed E-state index contributed by atoms with van der Waals surface area (Å²) in [5, 5.41) is 3.38. The summed E-state index contributed by atoms with van der Waals surface area (Å²) >= 11 is 0. The van der Waals surface area contributed by atoms with Crippen LogP contribution in [0.1, 0.15) is 30.2 Å². The fourth-order valence-corrected chi connectivity index (χ4v) is 2.23. The second kappa shape index (κ2) is 7.88. The van der Waals surface area contributed by atoms with Crippen LogP contribution < -0.4 is 5.32 Å². The first-order chi connectivity index (χ1) is 9.78. The molecular formula is C17H24N2O. The Morgan fingerprint density at radius 3 is 2.65 bits per heavy atom. The zero-order valence-electron chi connectivity index (χ0n) is 12.4. The lowest BCUT2D eigenvalue weighted by molar-refractivity contribution is 0.288. The summed E-state index contributed by atoms with van der Waals surface area (Å²) in [6.07, 6.45) is 3.01. The van der Waals surface area contributed by atoms with Gasteiger partial charge in [-0.1, -0.05) is 37.3 Å². The van der Waals surface area contributed by atoms with E-state index in [0.717, 1.165) is 38.4 Å². The van der Waals surface area contributed by atoms with Crippen molar-refractivity contribution in [1.82, 2.24) is 10.2 Å². The van der Waals surface area contributed by atoms with E-state index >= 15 is 0 Å². The van der Waals surface area contributed by atoms with Gasteiger partial charge in [-0.3, -0.25) is 4.90 Å². The summed E-state index contributed by atoms with van der Waals surface area (Å²) in [6, 6.07) is 12.6. The maximum Gasteiger partial charge on any atom is 0.118 e. The first-order valence-corrected chi connectivity index (χ1v) is 7.27. The lowest BCUT2D eigenvalue weighted by atomic mass is 10.2. The second-order valence-corrected chi connectivity index (χ2v) is 5.26. The van der Waals surface area contributed by atoms with E-state index in [4.69, 9.17) is 4.42 Å². The van der Waals surface area contributed by atoms with Gasteiger partial charge in [0.25, 0.3) is 0 Å². The van der Waals surface area contributed by atoms with Gasteiger partial charge in [0.2, 0.25) is 0 Å². The molecule has 2 aromatic rings. The standard InChI is InChI=1S/C17H24N2O/c1-3-9-18-11-16-10-17(20-14-16)13-19(2)12-15-7-5-4-6-8-15/h4-8,10,14,18H,3,9,11-13H2,1-2H3. The Kier molecular flexibility index (Phi) is 5.84. The Balaban J connectivity index is 1.80. The van der Waals surface area contributed by atoms with E-state index in [-0.39, 0.29) is 0 Å². The monoisotopic (exact) mass is 272 g/mol. The highest BCUT2D eigenvalue weighted by atomic mass is 16.3. The molecule has 0 bridgehead atoms. The van der Waals surface area contributed by atoms with Crippen molar-refractivity contribution in [2.45, 2.75) is 33.0 Å². The van der Waals surface area contributed by atoms with E-state index in [2.05, 4.69) is 54.5 Å². The largest absolute Gasteiger partial charge is 0.468 e. The topological polar surface area (TPSA) is 28.4 Å². The molecule has 0 aliphatic heterocycles. The van der Waals surface area contributed by atoms with Crippen LogP contribution in [0.4, 0.5) is 0 Å². The molecule has 0 aliphatic rings. The predicted octanol–water partition coefficient (Wildman–Crippen LogP) is 3.41. The van der Waals surface area contributed by atoms with E-state index in [0.29, 0.717) is 0 Å². The van der Waals surface area contributed by atoms with Crippen molar-refractivity contribution in [3.8, 4) is 0 Å². The number of rotatable bonds is 8. The van der Waals surface area contributed by atoms with E-state index in [1.807, 2.05) is 12.3 Å². The fraction of sp³-hybridized carbons (Fsp3) is 0.412. The molecular weight excluding hydrogens is 248 g/mol. The second-order valence-electron chi connectivity index (χ2n) is 5.26. The summed E-state index contributed by atoms with van der Waals surface area (Å²) in [4.78, 5) is 2.26. The van der Waals surface area contributed by atoms with Crippen molar-refractivity contribution in [1.29, 1.82) is 0 Å². The predicted molar refractivity (Wildman–Crippen MR) is 82.3 cm³/mol. The number of hydrogen-bond donors (Lipinski definition) is 1. The minimum atomic E-state index is 0.836. The van der Waals surface area contributed by atoms with Crippen LogP contribution in [-0.2, 0) is 19.6 Å². The van der Waals surface area contributed by atoms with Gasteiger partial charge < -0.3 is 9.73 Å². The average molecular weight is 272 g/mol. The minimum absolute atomic E-state index is 0.836. The van der Waals surface area contributed by atoms with Crippen LogP contribution in [-0.4, -0.2) is 18.5 Å². The molecule has 108 valence electrons. The van der Waals surface area contributed by atoms with Crippen LogP contribution in [0.2, 0.25) is 0 Å². The highest BCUT2D eigenvalue weighted by molar-refractivity contribution is 5.15. The van der Waals surface area contributed by atoms with Crippen LogP contribution in [0.3, 0.4) is 0 Å². The highest BCUT2D eigenvalue weighted by Crippen LogP contribution is 2.12. The van der Waals surface area contributed by atoms with Crippen LogP contribution in [0, 0.1) is 0 Å². The number of furan rings is 1. The molecule has 0 fully saturated rings. The molecule has 0 aliphatic carbocycles. The van der Waals surface area contributed by atoms with Crippen molar-refractivity contribution < 1.29 is 4.42 Å². The Hall–Kier alpha value is -1.58. The number of nitrogens with zero attached hydrogens (tertiary/aromatic N) is 1. The van der Waals surface area contributed by atoms with Crippen molar-refractivity contribution in [3.63, 3.8) is 0 Å². The van der Waals surface area contributed by atoms with Gasteiger partial charge in [0.15, 0.2) is 0 Å². The lowest BCUT2D eigenvalue weighted by Gasteiger charge is -2.14. The van der Waals surface area contributed by atoms with Crippen molar-refractivity contribution >= 4 is 0 Å². The van der Waals surface area contributed by atoms with Gasteiger partial charge >= 0.3 is 0 Å². The third kappa shape index (κ3) is 4.83. The summed E-state index contributed by atoms with van der Waals surface area (Å²) < 4.78 is 5.62. The molecule has 0 amide bonds. The molecule has 3 nitrogen and oxygen atoms in total. The Morgan fingerprint density at radius 2 is 1.90 bits per heavy atom. The molecule has 3 heteroatoms. The normalized spacial score (nSPS) is 11.2. The molecule has 20 heavy (non-hydrogen) atoms. The van der Waals surface area contributed by atoms with Gasteiger partial charge in [-0.2, -0.15) is 0 Å². The third-order valence-corrected chi connectivity index (χ3v) is 3.19. The van der Waals surface area contributed by atoms with Crippen LogP contribution in [0.25, 0.3) is 0 Å². The first-order valence-electron chi connectivity index (χ1n) is 7.27. The van der Waals surface area contributed by atoms with Crippen LogP contribution in [0.15, 0.2) is 47.1 Å². The van der Waals surface area contributed by atoms with Crippen LogP contribution >= 0.6 is 0 Å². The maximum absolute atomic E-state index is 5.62. The summed E-state index contributed by atoms with van der Waals surface area (Å²) in [7, 11) is 2.12. The maximum atomic E-state index is 5.62. The molecule has 0 saturated carbocycles. The van der Waals surface area contributed by atoms with E-state index in [1.165, 1.54) is 11.1 Å². The molecule has 1 N–H and O–H groups in total. The number of nitrogens with one attached hydrogen (secondary N) is 1. The Morgan fingerprint density at radius 1 is 1.10 bits per heavy atom. The molecule has 2 rings (SSSR count). The number of hydrogen-bond acceptors (Lipinski definition) is 3. The van der Waals surface area contributed by atoms with Crippen molar-refractivity contribution in [3.05, 3.63) is 59.5 Å². The SMILES string of the molecule is CCCNCc1coc(CN(C)Cc2ccccc2)c1. The molecule has 0 radical (unpaired) electrons. The molecule has 1 heterocycles. The highest BCUT2D eigenvalue weighted by Gasteiger charge is 2.06. The third-order valence-electron chi connectivity index (χ3n) is 3.19. The smallest absolute Gasteiger partial charge is 0.118 e. The van der Waals surface area contributed by atoms with E-state index in [1.54, 1.807) is 0 Å². The van der Waals surface area contributed by atoms with Crippen LogP contribution in [0.5, 0.6) is 0 Å². The van der Waals surface area contributed by atoms with Gasteiger partial charge in [0.05, 0.1) is 12.8 Å². The molecule has 1 aromatic carbocycles. The van der Waals surface area contributed by atoms with Crippen molar-refractivity contribution in [2.24, 2.45) is 0 Å². The average Bonchev–Trinajstić information content (AvgIpc) is 2.87. The number of benzene rings is 1. The van der Waals surface area contributed by atoms with Gasteiger partial charge in [-0.05, 0) is 31.6 Å². The van der Waals surface area contributed by atoms with E-state index < -0.39 is 0 Å². The fourth-order valence-electron chi connectivity index (χ4n) is 2.23. The molecule has 0 saturated heterocycles. The molecule has 0 atom stereocenters. The summed E-state index contributed by atoms with van der Waals surface area (Å²) in [6.45, 7) is 5.88. The Bertz CT molecular complexity index is 493. The summed E-state index contributed by atoms with van der Waals surface area (Å²) in [5.74, 6) is 1.02. The molecule has 0 spiro atoms. The zero-order valence-corrected chi connectivity index (χ0v) is 12.4. The molecule has 1 aromatic heterocycles. The van der Waals surface area contributed by atoms with Gasteiger partial charge in [-0.25, -0.2) is 0 Å². The van der Waals surface area contributed by atoms with Gasteiger partial charge in [0, 0.05) is 18.7 Å². The van der Waals surface area contributed by atoms with E-state index in [9.17, 15) is 0 Å². The molecule has 0 unspecified atom stereocenters.